The van der Waals surface area contributed by atoms with Crippen molar-refractivity contribution in [2.75, 3.05) is 26.8 Å². The van der Waals surface area contributed by atoms with Gasteiger partial charge in [-0.05, 0) is 46.6 Å². The number of methoxy groups -OCH3 is 1. The number of halogens is 1. The van der Waals surface area contributed by atoms with E-state index in [0.29, 0.717) is 31.0 Å². The highest BCUT2D eigenvalue weighted by molar-refractivity contribution is 9.10. The standard InChI is InChI=1S/C19H20BrNO3/c1-13-3-5-14(6-4-13)18-12-21(9-10-24-18)19(22)16-11-15(23-2)7-8-17(16)20/h3-8,11,18H,9-10,12H2,1-2H3. The lowest BCUT2D eigenvalue weighted by atomic mass is 10.1. The molecule has 0 saturated carbocycles. The van der Waals surface area contributed by atoms with Gasteiger partial charge in [-0.3, -0.25) is 4.79 Å². The molecule has 0 spiro atoms. The molecule has 0 N–H and O–H groups in total. The first-order valence-electron chi connectivity index (χ1n) is 7.89. The third kappa shape index (κ3) is 3.62. The summed E-state index contributed by atoms with van der Waals surface area (Å²) in [5.41, 5.74) is 2.92. The average Bonchev–Trinajstić information content (AvgIpc) is 2.62. The fourth-order valence-electron chi connectivity index (χ4n) is 2.78. The Morgan fingerprint density at radius 1 is 1.25 bits per heavy atom. The molecule has 4 nitrogen and oxygen atoms in total. The number of hydrogen-bond acceptors (Lipinski definition) is 3. The lowest BCUT2D eigenvalue weighted by Crippen LogP contribution is -2.42. The molecule has 0 aromatic heterocycles. The largest absolute Gasteiger partial charge is 0.497 e. The molecule has 0 radical (unpaired) electrons. The number of morpholine rings is 1. The second-order valence-electron chi connectivity index (χ2n) is 5.87. The summed E-state index contributed by atoms with van der Waals surface area (Å²) in [5, 5.41) is 0. The van der Waals surface area contributed by atoms with Crippen LogP contribution in [0.15, 0.2) is 46.9 Å². The molecule has 1 atom stereocenters. The highest BCUT2D eigenvalue weighted by atomic mass is 79.9. The Morgan fingerprint density at radius 2 is 2.00 bits per heavy atom. The highest BCUT2D eigenvalue weighted by Gasteiger charge is 2.27. The maximum atomic E-state index is 12.9. The van der Waals surface area contributed by atoms with Crippen molar-refractivity contribution in [2.24, 2.45) is 0 Å². The van der Waals surface area contributed by atoms with Crippen LogP contribution in [-0.4, -0.2) is 37.6 Å². The Morgan fingerprint density at radius 3 is 2.71 bits per heavy atom. The van der Waals surface area contributed by atoms with Crippen molar-refractivity contribution < 1.29 is 14.3 Å². The van der Waals surface area contributed by atoms with Gasteiger partial charge in [-0.2, -0.15) is 0 Å². The summed E-state index contributed by atoms with van der Waals surface area (Å²) in [6.45, 7) is 3.73. The number of aryl methyl sites for hydroxylation is 1. The zero-order valence-electron chi connectivity index (χ0n) is 13.8. The van der Waals surface area contributed by atoms with Gasteiger partial charge in [0.1, 0.15) is 11.9 Å². The average molecular weight is 390 g/mol. The van der Waals surface area contributed by atoms with Gasteiger partial charge in [0.05, 0.1) is 25.8 Å². The van der Waals surface area contributed by atoms with Crippen molar-refractivity contribution in [1.82, 2.24) is 4.90 Å². The van der Waals surface area contributed by atoms with E-state index in [9.17, 15) is 4.79 Å². The van der Waals surface area contributed by atoms with Crippen molar-refractivity contribution in [3.63, 3.8) is 0 Å². The summed E-state index contributed by atoms with van der Waals surface area (Å²) in [6.07, 6.45) is -0.0901. The van der Waals surface area contributed by atoms with E-state index >= 15 is 0 Å². The quantitative estimate of drug-likeness (QED) is 0.796. The van der Waals surface area contributed by atoms with Crippen LogP contribution in [0.2, 0.25) is 0 Å². The molecule has 2 aromatic rings. The lowest BCUT2D eigenvalue weighted by molar-refractivity contribution is -0.0228. The molecule has 24 heavy (non-hydrogen) atoms. The van der Waals surface area contributed by atoms with E-state index in [4.69, 9.17) is 9.47 Å². The zero-order chi connectivity index (χ0) is 17.1. The molecule has 1 amide bonds. The fraction of sp³-hybridized carbons (Fsp3) is 0.316. The van der Waals surface area contributed by atoms with E-state index in [0.717, 1.165) is 10.0 Å². The van der Waals surface area contributed by atoms with Crippen LogP contribution < -0.4 is 4.74 Å². The Bertz CT molecular complexity index is 730. The fourth-order valence-corrected chi connectivity index (χ4v) is 3.20. The van der Waals surface area contributed by atoms with Gasteiger partial charge in [-0.15, -0.1) is 0 Å². The molecule has 1 aliphatic rings. The molecule has 1 heterocycles. The maximum Gasteiger partial charge on any atom is 0.255 e. The van der Waals surface area contributed by atoms with Gasteiger partial charge in [-0.25, -0.2) is 0 Å². The molecule has 1 unspecified atom stereocenters. The summed E-state index contributed by atoms with van der Waals surface area (Å²) in [7, 11) is 1.60. The van der Waals surface area contributed by atoms with Crippen molar-refractivity contribution in [3.8, 4) is 5.75 Å². The highest BCUT2D eigenvalue weighted by Crippen LogP contribution is 2.27. The second-order valence-corrected chi connectivity index (χ2v) is 6.72. The molecule has 126 valence electrons. The van der Waals surface area contributed by atoms with E-state index in [-0.39, 0.29) is 12.0 Å². The molecule has 5 heteroatoms. The van der Waals surface area contributed by atoms with Gasteiger partial charge < -0.3 is 14.4 Å². The van der Waals surface area contributed by atoms with Crippen LogP contribution >= 0.6 is 15.9 Å². The molecule has 1 aliphatic heterocycles. The number of carbonyl (C=O) groups excluding carboxylic acids is 1. The van der Waals surface area contributed by atoms with Crippen LogP contribution in [-0.2, 0) is 4.74 Å². The molecular formula is C19H20BrNO3. The van der Waals surface area contributed by atoms with Gasteiger partial charge in [0.2, 0.25) is 0 Å². The summed E-state index contributed by atoms with van der Waals surface area (Å²) in [4.78, 5) is 14.7. The van der Waals surface area contributed by atoms with E-state index < -0.39 is 0 Å². The van der Waals surface area contributed by atoms with Gasteiger partial charge >= 0.3 is 0 Å². The minimum atomic E-state index is -0.0901. The third-order valence-corrected chi connectivity index (χ3v) is 4.90. The molecule has 1 fully saturated rings. The Labute approximate surface area is 150 Å². The van der Waals surface area contributed by atoms with E-state index in [1.807, 2.05) is 17.0 Å². The maximum absolute atomic E-state index is 12.9. The minimum absolute atomic E-state index is 0.0128. The number of hydrogen-bond donors (Lipinski definition) is 0. The predicted octanol–water partition coefficient (Wildman–Crippen LogP) is 3.98. The van der Waals surface area contributed by atoms with Crippen molar-refractivity contribution in [3.05, 3.63) is 63.6 Å². The van der Waals surface area contributed by atoms with Crippen LogP contribution in [0.1, 0.15) is 27.6 Å². The topological polar surface area (TPSA) is 38.8 Å². The van der Waals surface area contributed by atoms with Crippen LogP contribution in [0, 0.1) is 6.92 Å². The predicted molar refractivity (Wildman–Crippen MR) is 96.5 cm³/mol. The number of ether oxygens (including phenoxy) is 2. The first-order chi connectivity index (χ1) is 11.6. The van der Waals surface area contributed by atoms with Crippen LogP contribution in [0.3, 0.4) is 0 Å². The Balaban J connectivity index is 1.79. The molecule has 3 rings (SSSR count). The molecular weight excluding hydrogens is 370 g/mol. The number of rotatable bonds is 3. The molecule has 0 aliphatic carbocycles. The number of benzene rings is 2. The normalized spacial score (nSPS) is 17.6. The van der Waals surface area contributed by atoms with E-state index in [2.05, 4.69) is 47.1 Å². The van der Waals surface area contributed by atoms with E-state index in [1.165, 1.54) is 5.56 Å². The number of nitrogens with zero attached hydrogens (tertiary/aromatic N) is 1. The first-order valence-corrected chi connectivity index (χ1v) is 8.69. The SMILES string of the molecule is COc1ccc(Br)c(C(=O)N2CCOC(c3ccc(C)cc3)C2)c1. The molecule has 0 bridgehead atoms. The van der Waals surface area contributed by atoms with Crippen LogP contribution in [0.4, 0.5) is 0 Å². The number of amides is 1. The third-order valence-electron chi connectivity index (χ3n) is 4.21. The van der Waals surface area contributed by atoms with E-state index in [1.54, 1.807) is 13.2 Å². The Hall–Kier alpha value is -1.85. The van der Waals surface area contributed by atoms with Gasteiger partial charge in [0.15, 0.2) is 0 Å². The summed E-state index contributed by atoms with van der Waals surface area (Å²) in [5.74, 6) is 0.658. The summed E-state index contributed by atoms with van der Waals surface area (Å²) < 4.78 is 11.9. The molecule has 1 saturated heterocycles. The Kier molecular flexibility index (Phi) is 5.21. The lowest BCUT2D eigenvalue weighted by Gasteiger charge is -2.33. The second kappa shape index (κ2) is 7.36. The monoisotopic (exact) mass is 389 g/mol. The number of carbonyl (C=O) groups is 1. The van der Waals surface area contributed by atoms with Crippen LogP contribution in [0.25, 0.3) is 0 Å². The van der Waals surface area contributed by atoms with Crippen molar-refractivity contribution in [1.29, 1.82) is 0 Å². The first kappa shape index (κ1) is 17.0. The summed E-state index contributed by atoms with van der Waals surface area (Å²) in [6, 6.07) is 13.7. The molecule has 2 aromatic carbocycles. The van der Waals surface area contributed by atoms with Gasteiger partial charge in [-0.1, -0.05) is 29.8 Å². The van der Waals surface area contributed by atoms with Crippen molar-refractivity contribution in [2.45, 2.75) is 13.0 Å². The smallest absolute Gasteiger partial charge is 0.255 e. The van der Waals surface area contributed by atoms with Crippen LogP contribution in [0.5, 0.6) is 5.75 Å². The zero-order valence-corrected chi connectivity index (χ0v) is 15.4. The summed E-state index contributed by atoms with van der Waals surface area (Å²) >= 11 is 3.46. The van der Waals surface area contributed by atoms with Gasteiger partial charge in [0, 0.05) is 11.0 Å². The van der Waals surface area contributed by atoms with Gasteiger partial charge in [0.25, 0.3) is 5.91 Å². The minimum Gasteiger partial charge on any atom is -0.497 e. The van der Waals surface area contributed by atoms with Crippen molar-refractivity contribution >= 4 is 21.8 Å².